The van der Waals surface area contributed by atoms with Gasteiger partial charge < -0.3 is 10.1 Å². The fourth-order valence-corrected chi connectivity index (χ4v) is 4.80. The van der Waals surface area contributed by atoms with Crippen molar-refractivity contribution >= 4 is 21.7 Å². The molecule has 3 rings (SSSR count). The van der Waals surface area contributed by atoms with Crippen LogP contribution in [0.1, 0.15) is 31.2 Å². The van der Waals surface area contributed by atoms with E-state index in [1.165, 1.54) is 0 Å². The average Bonchev–Trinajstić information content (AvgIpc) is 3.23. The number of carbonyl (C=O) groups is 1. The number of fused-ring (bicyclic) bond motifs is 1. The van der Waals surface area contributed by atoms with Gasteiger partial charge in [-0.05, 0) is 43.0 Å². The van der Waals surface area contributed by atoms with E-state index >= 15 is 0 Å². The van der Waals surface area contributed by atoms with Crippen LogP contribution in [0.15, 0.2) is 23.1 Å². The Balaban J connectivity index is 1.71. The quantitative estimate of drug-likeness (QED) is 0.748. The largest absolute Gasteiger partial charge is 0.383 e. The van der Waals surface area contributed by atoms with Crippen molar-refractivity contribution in [3.8, 4) is 0 Å². The second-order valence-electron chi connectivity index (χ2n) is 6.52. The molecule has 0 unspecified atom stereocenters. The lowest BCUT2D eigenvalue weighted by Gasteiger charge is -2.18. The monoisotopic (exact) mass is 367 g/mol. The third-order valence-electron chi connectivity index (χ3n) is 4.76. The summed E-state index contributed by atoms with van der Waals surface area (Å²) in [5.41, 5.74) is 1.66. The van der Waals surface area contributed by atoms with Crippen LogP contribution in [0.4, 0.5) is 10.5 Å². The first-order valence-electron chi connectivity index (χ1n) is 8.71. The molecule has 138 valence electrons. The fourth-order valence-electron chi connectivity index (χ4n) is 3.44. The molecular weight excluding hydrogens is 342 g/mol. The van der Waals surface area contributed by atoms with Crippen LogP contribution < -0.4 is 14.9 Å². The molecule has 2 N–H and O–H groups in total. The second kappa shape index (κ2) is 7.72. The first-order valence-corrected chi connectivity index (χ1v) is 10.2. The summed E-state index contributed by atoms with van der Waals surface area (Å²) >= 11 is 0. The Morgan fingerprint density at radius 2 is 2.08 bits per heavy atom. The Morgan fingerprint density at radius 3 is 2.80 bits per heavy atom. The summed E-state index contributed by atoms with van der Waals surface area (Å²) in [7, 11) is -1.92. The molecule has 1 aromatic carbocycles. The van der Waals surface area contributed by atoms with Crippen LogP contribution in [0.25, 0.3) is 0 Å². The van der Waals surface area contributed by atoms with Gasteiger partial charge in [-0.15, -0.1) is 0 Å². The number of rotatable bonds is 6. The maximum atomic E-state index is 12.6. The zero-order valence-electron chi connectivity index (χ0n) is 14.5. The minimum Gasteiger partial charge on any atom is -0.383 e. The van der Waals surface area contributed by atoms with Gasteiger partial charge in [0.25, 0.3) is 0 Å². The van der Waals surface area contributed by atoms with E-state index in [1.807, 2.05) is 0 Å². The molecule has 0 bridgehead atoms. The number of amides is 2. The van der Waals surface area contributed by atoms with Crippen LogP contribution >= 0.6 is 0 Å². The predicted octanol–water partition coefficient (Wildman–Crippen LogP) is 1.63. The van der Waals surface area contributed by atoms with Crippen molar-refractivity contribution in [3.05, 3.63) is 23.8 Å². The van der Waals surface area contributed by atoms with Gasteiger partial charge in [0.1, 0.15) is 0 Å². The molecule has 7 nitrogen and oxygen atoms in total. The Kier molecular flexibility index (Phi) is 5.61. The molecule has 0 aromatic heterocycles. The standard InChI is InChI=1S/C17H25N3O4S/c1-24-11-9-18-17(21)20-10-8-13-12-15(6-7-16(13)20)25(22,23)19-14-4-2-3-5-14/h6-7,12,14,19H,2-5,8-11H2,1H3,(H,18,21). The first-order chi connectivity index (χ1) is 12.0. The van der Waals surface area contributed by atoms with Gasteiger partial charge in [-0.2, -0.15) is 0 Å². The van der Waals surface area contributed by atoms with E-state index in [2.05, 4.69) is 10.0 Å². The molecule has 1 aromatic rings. The molecule has 1 fully saturated rings. The summed E-state index contributed by atoms with van der Waals surface area (Å²) < 4.78 is 32.8. The van der Waals surface area contributed by atoms with Gasteiger partial charge in [-0.1, -0.05) is 12.8 Å². The van der Waals surface area contributed by atoms with Gasteiger partial charge in [0, 0.05) is 31.9 Å². The smallest absolute Gasteiger partial charge is 0.321 e. The highest BCUT2D eigenvalue weighted by atomic mass is 32.2. The van der Waals surface area contributed by atoms with Crippen molar-refractivity contribution in [1.82, 2.24) is 10.0 Å². The summed E-state index contributed by atoms with van der Waals surface area (Å²) in [6, 6.07) is 4.85. The van der Waals surface area contributed by atoms with Crippen molar-refractivity contribution in [1.29, 1.82) is 0 Å². The average molecular weight is 367 g/mol. The molecule has 2 amide bonds. The van der Waals surface area contributed by atoms with Gasteiger partial charge in [-0.25, -0.2) is 17.9 Å². The Morgan fingerprint density at radius 1 is 1.32 bits per heavy atom. The number of ether oxygens (including phenoxy) is 1. The van der Waals surface area contributed by atoms with Crippen molar-refractivity contribution in [2.75, 3.05) is 31.7 Å². The highest BCUT2D eigenvalue weighted by Crippen LogP contribution is 2.30. The van der Waals surface area contributed by atoms with Crippen LogP contribution in [0.2, 0.25) is 0 Å². The van der Waals surface area contributed by atoms with E-state index in [4.69, 9.17) is 4.74 Å². The van der Waals surface area contributed by atoms with Crippen molar-refractivity contribution in [2.24, 2.45) is 0 Å². The number of carbonyl (C=O) groups excluding carboxylic acids is 1. The molecule has 1 aliphatic carbocycles. The maximum Gasteiger partial charge on any atom is 0.321 e. The third-order valence-corrected chi connectivity index (χ3v) is 6.28. The van der Waals surface area contributed by atoms with E-state index in [1.54, 1.807) is 30.2 Å². The Bertz CT molecular complexity index is 729. The van der Waals surface area contributed by atoms with E-state index in [-0.39, 0.29) is 17.0 Å². The van der Waals surface area contributed by atoms with Crippen LogP contribution in [0, 0.1) is 0 Å². The lowest BCUT2D eigenvalue weighted by molar-refractivity contribution is 0.197. The SMILES string of the molecule is COCCNC(=O)N1CCc2cc(S(=O)(=O)NC3CCCC3)ccc21. The third kappa shape index (κ3) is 4.13. The van der Waals surface area contributed by atoms with Crippen molar-refractivity contribution in [2.45, 2.75) is 43.0 Å². The molecular formula is C17H25N3O4S. The minimum atomic E-state index is -3.51. The first kappa shape index (κ1) is 18.2. The number of benzene rings is 1. The molecule has 0 spiro atoms. The highest BCUT2D eigenvalue weighted by Gasteiger charge is 2.28. The van der Waals surface area contributed by atoms with Crippen molar-refractivity contribution < 1.29 is 17.9 Å². The molecule has 1 aliphatic heterocycles. The number of urea groups is 1. The zero-order valence-corrected chi connectivity index (χ0v) is 15.3. The molecule has 1 saturated carbocycles. The Labute approximate surface area is 148 Å². The predicted molar refractivity (Wildman–Crippen MR) is 95.3 cm³/mol. The minimum absolute atomic E-state index is 0.0429. The highest BCUT2D eigenvalue weighted by molar-refractivity contribution is 7.89. The number of methoxy groups -OCH3 is 1. The van der Waals surface area contributed by atoms with E-state index in [0.29, 0.717) is 26.1 Å². The van der Waals surface area contributed by atoms with E-state index in [0.717, 1.165) is 36.9 Å². The summed E-state index contributed by atoms with van der Waals surface area (Å²) in [5, 5.41) is 2.79. The zero-order chi connectivity index (χ0) is 17.9. The van der Waals surface area contributed by atoms with Gasteiger partial charge in [0.2, 0.25) is 10.0 Å². The normalized spacial score (nSPS) is 17.7. The summed E-state index contributed by atoms with van der Waals surface area (Å²) in [6.45, 7) is 1.45. The summed E-state index contributed by atoms with van der Waals surface area (Å²) in [5.74, 6) is 0. The lowest BCUT2D eigenvalue weighted by Crippen LogP contribution is -2.40. The molecule has 0 saturated heterocycles. The molecule has 0 atom stereocenters. The topological polar surface area (TPSA) is 87.7 Å². The number of nitrogens with zero attached hydrogens (tertiary/aromatic N) is 1. The fraction of sp³-hybridized carbons (Fsp3) is 0.588. The van der Waals surface area contributed by atoms with E-state index < -0.39 is 10.0 Å². The molecule has 0 radical (unpaired) electrons. The number of anilines is 1. The molecule has 8 heteroatoms. The number of hydrogen-bond acceptors (Lipinski definition) is 4. The van der Waals surface area contributed by atoms with Crippen LogP contribution in [0.3, 0.4) is 0 Å². The molecule has 25 heavy (non-hydrogen) atoms. The van der Waals surface area contributed by atoms with Gasteiger partial charge in [-0.3, -0.25) is 4.90 Å². The van der Waals surface area contributed by atoms with E-state index in [9.17, 15) is 13.2 Å². The van der Waals surface area contributed by atoms with Crippen molar-refractivity contribution in [3.63, 3.8) is 0 Å². The summed E-state index contributed by atoms with van der Waals surface area (Å²) in [6.07, 6.45) is 4.61. The number of nitrogens with one attached hydrogen (secondary N) is 2. The summed E-state index contributed by atoms with van der Waals surface area (Å²) in [4.78, 5) is 14.1. The van der Waals surface area contributed by atoms with Crippen LogP contribution in [0.5, 0.6) is 0 Å². The van der Waals surface area contributed by atoms with Crippen LogP contribution in [-0.4, -0.2) is 47.3 Å². The second-order valence-corrected chi connectivity index (χ2v) is 8.23. The molecule has 1 heterocycles. The van der Waals surface area contributed by atoms with Gasteiger partial charge in [0.15, 0.2) is 0 Å². The molecule has 2 aliphatic rings. The maximum absolute atomic E-state index is 12.6. The lowest BCUT2D eigenvalue weighted by atomic mass is 10.2. The van der Waals surface area contributed by atoms with Gasteiger partial charge >= 0.3 is 6.03 Å². The van der Waals surface area contributed by atoms with Gasteiger partial charge in [0.05, 0.1) is 11.5 Å². The Hall–Kier alpha value is -1.64. The number of hydrogen-bond donors (Lipinski definition) is 2. The van der Waals surface area contributed by atoms with Crippen LogP contribution in [-0.2, 0) is 21.2 Å². The number of sulfonamides is 1.